The zero-order chi connectivity index (χ0) is 22.6. The summed E-state index contributed by atoms with van der Waals surface area (Å²) < 4.78 is 11.6. The van der Waals surface area contributed by atoms with Crippen LogP contribution in [0, 0.1) is 6.92 Å². The van der Waals surface area contributed by atoms with Crippen LogP contribution in [0.15, 0.2) is 62.2 Å². The van der Waals surface area contributed by atoms with Gasteiger partial charge >= 0.3 is 5.97 Å². The number of halogens is 1. The van der Waals surface area contributed by atoms with E-state index >= 15 is 0 Å². The number of carbonyl (C=O) groups excluding carboxylic acids is 2. The lowest BCUT2D eigenvalue weighted by Gasteiger charge is -2.22. The van der Waals surface area contributed by atoms with E-state index in [0.717, 1.165) is 21.4 Å². The maximum absolute atomic E-state index is 13.5. The fourth-order valence-electron chi connectivity index (χ4n) is 3.84. The Balaban J connectivity index is 1.78. The van der Waals surface area contributed by atoms with Crippen LogP contribution in [0.25, 0.3) is 11.0 Å². The molecule has 7 nitrogen and oxygen atoms in total. The minimum Gasteiger partial charge on any atom is -0.465 e. The van der Waals surface area contributed by atoms with Crippen LogP contribution >= 0.6 is 27.3 Å². The Bertz CT molecular complexity index is 1460. The Morgan fingerprint density at radius 3 is 2.59 bits per heavy atom. The van der Waals surface area contributed by atoms with E-state index in [1.54, 1.807) is 31.2 Å². The molecule has 0 fully saturated rings. The molecule has 5 rings (SSSR count). The van der Waals surface area contributed by atoms with Crippen LogP contribution in [0.5, 0.6) is 0 Å². The Morgan fingerprint density at radius 1 is 1.16 bits per heavy atom. The number of benzene rings is 2. The van der Waals surface area contributed by atoms with E-state index in [4.69, 9.17) is 9.15 Å². The first-order chi connectivity index (χ1) is 15.4. The van der Waals surface area contributed by atoms with E-state index in [1.165, 1.54) is 12.0 Å². The van der Waals surface area contributed by atoms with Crippen molar-refractivity contribution in [3.05, 3.63) is 90.7 Å². The number of hydrogen-bond acceptors (Lipinski definition) is 7. The van der Waals surface area contributed by atoms with Crippen molar-refractivity contribution in [2.45, 2.75) is 13.0 Å². The number of carbonyl (C=O) groups is 2. The molecule has 32 heavy (non-hydrogen) atoms. The smallest absolute Gasteiger partial charge is 0.350 e. The number of fused-ring (bicyclic) bond motifs is 2. The number of nitrogens with zero attached hydrogens (tertiary/aromatic N) is 2. The molecule has 2 aromatic carbocycles. The van der Waals surface area contributed by atoms with Gasteiger partial charge in [0.15, 0.2) is 10.6 Å². The van der Waals surface area contributed by atoms with Gasteiger partial charge in [0.2, 0.25) is 5.76 Å². The van der Waals surface area contributed by atoms with Gasteiger partial charge in [-0.1, -0.05) is 51.5 Å². The van der Waals surface area contributed by atoms with Crippen LogP contribution in [-0.2, 0) is 4.74 Å². The minimum absolute atomic E-state index is 0.0194. The molecule has 0 spiro atoms. The van der Waals surface area contributed by atoms with E-state index in [0.29, 0.717) is 21.5 Å². The molecule has 0 saturated carbocycles. The highest BCUT2D eigenvalue weighted by molar-refractivity contribution is 9.10. The van der Waals surface area contributed by atoms with Gasteiger partial charge in [-0.05, 0) is 36.8 Å². The van der Waals surface area contributed by atoms with Crippen molar-refractivity contribution in [3.63, 3.8) is 0 Å². The molecule has 1 unspecified atom stereocenters. The van der Waals surface area contributed by atoms with Gasteiger partial charge in [0, 0.05) is 4.47 Å². The van der Waals surface area contributed by atoms with E-state index < -0.39 is 17.9 Å². The average Bonchev–Trinajstić information content (AvgIpc) is 3.31. The molecule has 2 aromatic heterocycles. The highest BCUT2D eigenvalue weighted by Crippen LogP contribution is 2.43. The van der Waals surface area contributed by atoms with Crippen molar-refractivity contribution in [1.82, 2.24) is 4.98 Å². The number of thiazole rings is 1. The number of anilines is 1. The predicted octanol–water partition coefficient (Wildman–Crippen LogP) is 4.86. The number of aromatic nitrogens is 1. The Labute approximate surface area is 194 Å². The summed E-state index contributed by atoms with van der Waals surface area (Å²) in [4.78, 5) is 45.3. The zero-order valence-corrected chi connectivity index (χ0v) is 19.3. The van der Waals surface area contributed by atoms with Crippen molar-refractivity contribution in [3.8, 4) is 0 Å². The third kappa shape index (κ3) is 3.08. The van der Waals surface area contributed by atoms with Crippen molar-refractivity contribution in [2.24, 2.45) is 0 Å². The van der Waals surface area contributed by atoms with Crippen molar-refractivity contribution in [2.75, 3.05) is 12.0 Å². The number of ether oxygens (including phenoxy) is 1. The van der Waals surface area contributed by atoms with E-state index in [2.05, 4.69) is 20.9 Å². The van der Waals surface area contributed by atoms with Crippen LogP contribution in [-0.4, -0.2) is 24.0 Å². The second kappa shape index (κ2) is 7.68. The van der Waals surface area contributed by atoms with Crippen molar-refractivity contribution < 1.29 is 18.7 Å². The number of aryl methyl sites for hydroxylation is 1. The normalized spacial score (nSPS) is 15.3. The molecule has 1 amide bonds. The molecule has 0 saturated heterocycles. The summed E-state index contributed by atoms with van der Waals surface area (Å²) in [5.41, 5.74) is 1.48. The second-order valence-electron chi connectivity index (χ2n) is 7.20. The maximum atomic E-state index is 13.5. The zero-order valence-electron chi connectivity index (χ0n) is 16.9. The lowest BCUT2D eigenvalue weighted by molar-refractivity contribution is 0.0605. The number of esters is 1. The minimum atomic E-state index is -0.748. The van der Waals surface area contributed by atoms with Crippen molar-refractivity contribution >= 4 is 55.2 Å². The van der Waals surface area contributed by atoms with Gasteiger partial charge in [0.1, 0.15) is 10.5 Å². The highest BCUT2D eigenvalue weighted by atomic mass is 79.9. The molecule has 0 bridgehead atoms. The number of para-hydroxylation sites is 1. The largest absolute Gasteiger partial charge is 0.465 e. The maximum Gasteiger partial charge on any atom is 0.350 e. The molecule has 1 aliphatic heterocycles. The van der Waals surface area contributed by atoms with Gasteiger partial charge < -0.3 is 9.15 Å². The molecule has 3 heterocycles. The molecule has 160 valence electrons. The van der Waals surface area contributed by atoms with Gasteiger partial charge in [0.05, 0.1) is 29.8 Å². The van der Waals surface area contributed by atoms with Crippen LogP contribution in [0.3, 0.4) is 0 Å². The number of methoxy groups -OCH3 is 1. The summed E-state index contributed by atoms with van der Waals surface area (Å²) in [6.45, 7) is 1.67. The van der Waals surface area contributed by atoms with E-state index in [9.17, 15) is 14.4 Å². The molecule has 1 aliphatic rings. The fourth-order valence-corrected chi connectivity index (χ4v) is 5.12. The molecule has 1 atom stereocenters. The molecule has 4 aromatic rings. The lowest BCUT2D eigenvalue weighted by Crippen LogP contribution is -2.29. The highest BCUT2D eigenvalue weighted by Gasteiger charge is 2.45. The SMILES string of the molecule is COC(=O)c1sc(N2C(=O)c3oc4ccccc4c(=O)c3C2c2ccc(Br)cc2)nc1C. The van der Waals surface area contributed by atoms with Crippen LogP contribution in [0.4, 0.5) is 5.13 Å². The van der Waals surface area contributed by atoms with Crippen LogP contribution in [0.1, 0.15) is 43.1 Å². The fraction of sp³-hybridized carbons (Fsp3) is 0.130. The summed E-state index contributed by atoms with van der Waals surface area (Å²) in [6.07, 6.45) is 0. The van der Waals surface area contributed by atoms with Crippen LogP contribution in [0.2, 0.25) is 0 Å². The Hall–Kier alpha value is -3.30. The first kappa shape index (κ1) is 20.6. The summed E-state index contributed by atoms with van der Waals surface area (Å²) in [7, 11) is 1.29. The van der Waals surface area contributed by atoms with E-state index in [1.807, 2.05) is 24.3 Å². The summed E-state index contributed by atoms with van der Waals surface area (Å²) in [5.74, 6) is -1.04. The standard InChI is InChI=1S/C23H15BrN2O5S/c1-11-20(22(29)30-2)32-23(25-11)26-17(12-7-9-13(24)10-8-12)16-18(27)14-5-3-4-6-15(14)31-19(16)21(26)28/h3-10,17H,1-2H3. The Kier molecular flexibility index (Phi) is 4.94. The van der Waals surface area contributed by atoms with E-state index in [-0.39, 0.29) is 21.9 Å². The monoisotopic (exact) mass is 510 g/mol. The first-order valence-electron chi connectivity index (χ1n) is 9.61. The molecule has 0 aliphatic carbocycles. The molecule has 0 radical (unpaired) electrons. The summed E-state index contributed by atoms with van der Waals surface area (Å²) in [6, 6.07) is 13.4. The molecular weight excluding hydrogens is 496 g/mol. The number of hydrogen-bond donors (Lipinski definition) is 0. The van der Waals surface area contributed by atoms with Crippen molar-refractivity contribution in [1.29, 1.82) is 0 Å². The summed E-state index contributed by atoms with van der Waals surface area (Å²) >= 11 is 4.46. The predicted molar refractivity (Wildman–Crippen MR) is 123 cm³/mol. The summed E-state index contributed by atoms with van der Waals surface area (Å²) in [5, 5.41) is 0.684. The Morgan fingerprint density at radius 2 is 1.88 bits per heavy atom. The molecular formula is C23H15BrN2O5S. The lowest BCUT2D eigenvalue weighted by atomic mass is 9.99. The third-order valence-corrected chi connectivity index (χ3v) is 6.99. The molecule has 0 N–H and O–H groups in total. The van der Waals surface area contributed by atoms with Gasteiger partial charge in [-0.25, -0.2) is 9.78 Å². The van der Waals surface area contributed by atoms with Gasteiger partial charge in [-0.15, -0.1) is 0 Å². The first-order valence-corrected chi connectivity index (χ1v) is 11.2. The number of rotatable bonds is 3. The van der Waals surface area contributed by atoms with Gasteiger partial charge in [-0.2, -0.15) is 0 Å². The second-order valence-corrected chi connectivity index (χ2v) is 9.10. The molecule has 9 heteroatoms. The van der Waals surface area contributed by atoms with Gasteiger partial charge in [0.25, 0.3) is 5.91 Å². The quantitative estimate of drug-likeness (QED) is 0.365. The number of amides is 1. The average molecular weight is 511 g/mol. The third-order valence-electron chi connectivity index (χ3n) is 5.33. The topological polar surface area (TPSA) is 89.7 Å². The van der Waals surface area contributed by atoms with Crippen LogP contribution < -0.4 is 10.3 Å². The van der Waals surface area contributed by atoms with Gasteiger partial charge in [-0.3, -0.25) is 14.5 Å².